The van der Waals surface area contributed by atoms with Crippen molar-refractivity contribution < 1.29 is 4.79 Å². The number of aromatic nitrogens is 3. The number of benzene rings is 1. The average molecular weight is 250 g/mol. The summed E-state index contributed by atoms with van der Waals surface area (Å²) in [5.74, 6) is -0.223. The number of nitrogens with zero attached hydrogens (tertiary/aromatic N) is 3. The highest BCUT2D eigenvalue weighted by Gasteiger charge is 2.11. The Morgan fingerprint density at radius 1 is 1.00 bits per heavy atom. The molecular weight excluding hydrogens is 240 g/mol. The third kappa shape index (κ3) is 2.26. The van der Waals surface area contributed by atoms with Crippen LogP contribution in [0.15, 0.2) is 55.1 Å². The van der Waals surface area contributed by atoms with Gasteiger partial charge in [0, 0.05) is 18.6 Å². The van der Waals surface area contributed by atoms with Crippen molar-refractivity contribution in [1.29, 1.82) is 0 Å². The van der Waals surface area contributed by atoms with Crippen molar-refractivity contribution in [2.45, 2.75) is 0 Å². The number of fused-ring (bicyclic) bond motifs is 1. The molecule has 19 heavy (non-hydrogen) atoms. The number of rotatable bonds is 2. The number of carbonyl (C=O) groups excluding carboxylic acids is 1. The Labute approximate surface area is 109 Å². The molecule has 5 heteroatoms. The maximum Gasteiger partial charge on any atom is 0.257 e. The number of carbonyl (C=O) groups is 1. The first-order valence-corrected chi connectivity index (χ1v) is 5.76. The topological polar surface area (TPSA) is 67.8 Å². The lowest BCUT2D eigenvalue weighted by atomic mass is 10.1. The molecule has 0 radical (unpaired) electrons. The minimum absolute atomic E-state index is 0.223. The maximum absolute atomic E-state index is 12.2. The van der Waals surface area contributed by atoms with E-state index in [1.165, 1.54) is 0 Å². The second kappa shape index (κ2) is 4.81. The molecule has 0 fully saturated rings. The van der Waals surface area contributed by atoms with Gasteiger partial charge in [-0.05, 0) is 24.3 Å². The van der Waals surface area contributed by atoms with E-state index >= 15 is 0 Å². The summed E-state index contributed by atoms with van der Waals surface area (Å²) >= 11 is 0. The van der Waals surface area contributed by atoms with Gasteiger partial charge in [0.15, 0.2) is 0 Å². The monoisotopic (exact) mass is 250 g/mol. The molecule has 0 saturated carbocycles. The van der Waals surface area contributed by atoms with Crippen molar-refractivity contribution in [2.75, 3.05) is 5.32 Å². The summed E-state index contributed by atoms with van der Waals surface area (Å²) < 4.78 is 0. The highest BCUT2D eigenvalue weighted by Crippen LogP contribution is 2.15. The van der Waals surface area contributed by atoms with E-state index < -0.39 is 0 Å². The molecule has 0 unspecified atom stereocenters. The molecule has 2 aromatic heterocycles. The van der Waals surface area contributed by atoms with Crippen LogP contribution in [0.2, 0.25) is 0 Å². The van der Waals surface area contributed by atoms with Gasteiger partial charge in [-0.15, -0.1) is 0 Å². The molecule has 3 aromatic rings. The summed E-state index contributed by atoms with van der Waals surface area (Å²) in [5, 5.41) is 2.78. The first kappa shape index (κ1) is 11.3. The lowest BCUT2D eigenvalue weighted by Crippen LogP contribution is -2.13. The van der Waals surface area contributed by atoms with Gasteiger partial charge < -0.3 is 5.32 Å². The van der Waals surface area contributed by atoms with Gasteiger partial charge in [-0.2, -0.15) is 0 Å². The normalized spacial score (nSPS) is 10.3. The van der Waals surface area contributed by atoms with Crippen LogP contribution in [0.25, 0.3) is 11.0 Å². The molecule has 0 saturated heterocycles. The number of hydrogen-bond donors (Lipinski definition) is 1. The number of anilines is 1. The summed E-state index contributed by atoms with van der Waals surface area (Å²) in [6.45, 7) is 0. The molecular formula is C14H10N4O. The molecule has 92 valence electrons. The largest absolute Gasteiger partial charge is 0.321 e. The number of pyridine rings is 1. The van der Waals surface area contributed by atoms with Crippen LogP contribution in [-0.2, 0) is 0 Å². The number of para-hydroxylation sites is 1. The lowest BCUT2D eigenvalue weighted by molar-refractivity contribution is 0.102. The fourth-order valence-corrected chi connectivity index (χ4v) is 1.81. The summed E-state index contributed by atoms with van der Waals surface area (Å²) in [5.41, 5.74) is 2.43. The molecule has 3 rings (SSSR count). The van der Waals surface area contributed by atoms with Gasteiger partial charge in [-0.1, -0.05) is 6.07 Å². The van der Waals surface area contributed by atoms with Crippen LogP contribution in [0.1, 0.15) is 10.4 Å². The predicted octanol–water partition coefficient (Wildman–Crippen LogP) is 2.28. The quantitative estimate of drug-likeness (QED) is 0.757. The van der Waals surface area contributed by atoms with Gasteiger partial charge >= 0.3 is 0 Å². The fourth-order valence-electron chi connectivity index (χ4n) is 1.81. The molecule has 0 aliphatic rings. The highest BCUT2D eigenvalue weighted by molar-refractivity contribution is 6.11. The average Bonchev–Trinajstić information content (AvgIpc) is 2.47. The summed E-state index contributed by atoms with van der Waals surface area (Å²) in [6.07, 6.45) is 6.42. The van der Waals surface area contributed by atoms with Crippen molar-refractivity contribution >= 4 is 22.6 Å². The zero-order chi connectivity index (χ0) is 13.1. The summed E-state index contributed by atoms with van der Waals surface area (Å²) in [6, 6.07) is 8.88. The molecule has 0 aliphatic heterocycles. The molecule has 5 nitrogen and oxygen atoms in total. The van der Waals surface area contributed by atoms with E-state index in [0.717, 1.165) is 0 Å². The minimum Gasteiger partial charge on any atom is -0.321 e. The zero-order valence-corrected chi connectivity index (χ0v) is 9.95. The predicted molar refractivity (Wildman–Crippen MR) is 71.7 cm³/mol. The number of amides is 1. The molecule has 0 atom stereocenters. The van der Waals surface area contributed by atoms with Crippen LogP contribution in [0.5, 0.6) is 0 Å². The van der Waals surface area contributed by atoms with Crippen LogP contribution in [0, 0.1) is 0 Å². The number of hydrogen-bond acceptors (Lipinski definition) is 4. The van der Waals surface area contributed by atoms with Gasteiger partial charge in [0.2, 0.25) is 0 Å². The molecule has 0 bridgehead atoms. The maximum atomic E-state index is 12.2. The Hall–Kier alpha value is -2.82. The van der Waals surface area contributed by atoms with Crippen LogP contribution in [0.4, 0.5) is 5.69 Å². The molecule has 0 aliphatic carbocycles. The molecule has 0 spiro atoms. The first-order valence-electron chi connectivity index (χ1n) is 5.76. The summed E-state index contributed by atoms with van der Waals surface area (Å²) in [4.78, 5) is 24.6. The molecule has 1 aromatic carbocycles. The SMILES string of the molecule is O=C(Nc1cccnc1)c1cccc2nccnc12. The van der Waals surface area contributed by atoms with E-state index in [4.69, 9.17) is 0 Å². The minimum atomic E-state index is -0.223. The first-order chi connectivity index (χ1) is 9.34. The Kier molecular flexibility index (Phi) is 2.86. The highest BCUT2D eigenvalue weighted by atomic mass is 16.1. The van der Waals surface area contributed by atoms with Crippen molar-refractivity contribution in [1.82, 2.24) is 15.0 Å². The van der Waals surface area contributed by atoms with Gasteiger partial charge in [0.05, 0.1) is 23.0 Å². The molecule has 2 heterocycles. The third-order valence-corrected chi connectivity index (χ3v) is 2.66. The van der Waals surface area contributed by atoms with Crippen LogP contribution >= 0.6 is 0 Å². The van der Waals surface area contributed by atoms with Gasteiger partial charge in [-0.25, -0.2) is 0 Å². The Bertz CT molecular complexity index is 722. The van der Waals surface area contributed by atoms with E-state index in [1.54, 1.807) is 49.1 Å². The van der Waals surface area contributed by atoms with E-state index in [2.05, 4.69) is 20.3 Å². The van der Waals surface area contributed by atoms with Crippen molar-refractivity contribution in [3.63, 3.8) is 0 Å². The van der Waals surface area contributed by atoms with E-state index in [1.807, 2.05) is 6.07 Å². The Morgan fingerprint density at radius 3 is 2.74 bits per heavy atom. The number of nitrogens with one attached hydrogen (secondary N) is 1. The van der Waals surface area contributed by atoms with Gasteiger partial charge in [-0.3, -0.25) is 19.7 Å². The second-order valence-electron chi connectivity index (χ2n) is 3.93. The smallest absolute Gasteiger partial charge is 0.257 e. The van der Waals surface area contributed by atoms with Gasteiger partial charge in [0.25, 0.3) is 5.91 Å². The van der Waals surface area contributed by atoms with Crippen molar-refractivity contribution in [3.8, 4) is 0 Å². The fraction of sp³-hybridized carbons (Fsp3) is 0. The molecule has 1 N–H and O–H groups in total. The summed E-state index contributed by atoms with van der Waals surface area (Å²) in [7, 11) is 0. The van der Waals surface area contributed by atoms with Gasteiger partial charge in [0.1, 0.15) is 5.52 Å². The van der Waals surface area contributed by atoms with Crippen LogP contribution in [-0.4, -0.2) is 20.9 Å². The van der Waals surface area contributed by atoms with E-state index in [-0.39, 0.29) is 5.91 Å². The zero-order valence-electron chi connectivity index (χ0n) is 9.95. The van der Waals surface area contributed by atoms with E-state index in [9.17, 15) is 4.79 Å². The molecule has 1 amide bonds. The second-order valence-corrected chi connectivity index (χ2v) is 3.93. The third-order valence-electron chi connectivity index (χ3n) is 2.66. The van der Waals surface area contributed by atoms with Crippen LogP contribution < -0.4 is 5.32 Å². The van der Waals surface area contributed by atoms with Crippen LogP contribution in [0.3, 0.4) is 0 Å². The lowest BCUT2D eigenvalue weighted by Gasteiger charge is -2.06. The Balaban J connectivity index is 1.98. The van der Waals surface area contributed by atoms with E-state index in [0.29, 0.717) is 22.3 Å². The Morgan fingerprint density at radius 2 is 1.89 bits per heavy atom. The standard InChI is InChI=1S/C14H10N4O/c19-14(18-10-3-2-6-15-9-10)11-4-1-5-12-13(11)17-8-7-16-12/h1-9H,(H,18,19). The van der Waals surface area contributed by atoms with Crippen molar-refractivity contribution in [3.05, 3.63) is 60.7 Å². The van der Waals surface area contributed by atoms with Crippen molar-refractivity contribution in [2.24, 2.45) is 0 Å².